The highest BCUT2D eigenvalue weighted by atomic mass is 32.2. The van der Waals surface area contributed by atoms with Crippen molar-refractivity contribution in [1.82, 2.24) is 19.2 Å². The molecule has 2 aromatic carbocycles. The Balaban J connectivity index is 1.56. The highest BCUT2D eigenvalue weighted by molar-refractivity contribution is 7.82. The van der Waals surface area contributed by atoms with E-state index in [0.717, 1.165) is 25.2 Å². The van der Waals surface area contributed by atoms with E-state index in [0.29, 0.717) is 41.2 Å². The lowest BCUT2D eigenvalue weighted by molar-refractivity contribution is 0.196. The minimum absolute atomic E-state index is 0.271. The van der Waals surface area contributed by atoms with Crippen LogP contribution in [-0.4, -0.2) is 56.1 Å². The summed E-state index contributed by atoms with van der Waals surface area (Å²) in [4.78, 5) is 11.0. The summed E-state index contributed by atoms with van der Waals surface area (Å²) in [6.07, 6.45) is 3.32. The van der Waals surface area contributed by atoms with E-state index in [4.69, 9.17) is 11.0 Å². The molecule has 0 aliphatic carbocycles. The Hall–Kier alpha value is -3.19. The smallest absolute Gasteiger partial charge is 0.141 e. The topological polar surface area (TPSA) is 99.1 Å². The number of halogens is 1. The molecule has 3 aromatic rings. The molecule has 7 nitrogen and oxygen atoms in total. The van der Waals surface area contributed by atoms with Crippen molar-refractivity contribution < 1.29 is 8.60 Å². The zero-order valence-electron chi connectivity index (χ0n) is 17.4. The third-order valence-electron chi connectivity index (χ3n) is 5.41. The number of piperazine rings is 1. The van der Waals surface area contributed by atoms with Gasteiger partial charge in [-0.05, 0) is 29.3 Å². The Morgan fingerprint density at radius 2 is 1.84 bits per heavy atom. The van der Waals surface area contributed by atoms with Gasteiger partial charge in [0.1, 0.15) is 22.6 Å². The van der Waals surface area contributed by atoms with Crippen LogP contribution >= 0.6 is 0 Å². The number of hydrogen-bond acceptors (Lipinski definition) is 6. The highest BCUT2D eigenvalue weighted by Gasteiger charge is 2.24. The maximum atomic E-state index is 14.9. The van der Waals surface area contributed by atoms with Gasteiger partial charge in [0.2, 0.25) is 0 Å². The Morgan fingerprint density at radius 3 is 2.53 bits per heavy atom. The molecular weight excluding hydrogens is 427 g/mol. The zero-order valence-corrected chi connectivity index (χ0v) is 18.3. The van der Waals surface area contributed by atoms with E-state index < -0.39 is 16.8 Å². The fourth-order valence-corrected chi connectivity index (χ4v) is 5.03. The second-order valence-corrected chi connectivity index (χ2v) is 8.90. The molecule has 0 bridgehead atoms. The normalized spacial score (nSPS) is 15.9. The number of rotatable bonds is 6. The van der Waals surface area contributed by atoms with E-state index >= 15 is 0 Å². The van der Waals surface area contributed by atoms with Gasteiger partial charge in [-0.3, -0.25) is 9.88 Å². The summed E-state index contributed by atoms with van der Waals surface area (Å²) < 4.78 is 30.2. The number of aromatic nitrogens is 2. The molecule has 1 atom stereocenters. The second kappa shape index (κ2) is 9.96. The molecule has 1 aliphatic rings. The molecule has 1 aromatic heterocycles. The van der Waals surface area contributed by atoms with Crippen LogP contribution < -0.4 is 5.73 Å². The van der Waals surface area contributed by atoms with Gasteiger partial charge in [0.05, 0.1) is 29.1 Å². The van der Waals surface area contributed by atoms with Crippen molar-refractivity contribution in [3.05, 3.63) is 60.7 Å². The molecule has 2 N–H and O–H groups in total. The third-order valence-corrected chi connectivity index (χ3v) is 6.98. The maximum absolute atomic E-state index is 14.9. The summed E-state index contributed by atoms with van der Waals surface area (Å²) in [5.74, 6) is -0.165. The molecule has 164 valence electrons. The van der Waals surface area contributed by atoms with E-state index in [9.17, 15) is 8.60 Å². The van der Waals surface area contributed by atoms with E-state index in [1.165, 1.54) is 18.5 Å². The highest BCUT2D eigenvalue weighted by Crippen LogP contribution is 2.31. The van der Waals surface area contributed by atoms with Gasteiger partial charge >= 0.3 is 0 Å². The molecule has 2 heterocycles. The van der Waals surface area contributed by atoms with E-state index in [2.05, 4.69) is 20.9 Å². The molecule has 32 heavy (non-hydrogen) atoms. The Morgan fingerprint density at radius 1 is 1.06 bits per heavy atom. The monoisotopic (exact) mass is 450 g/mol. The summed E-state index contributed by atoms with van der Waals surface area (Å²) in [7, 11) is -1.37. The standard InChI is InChI=1S/C23H23FN6OS/c24-20-14-17(6-7-19(20)21-15-28-23(26)16-27-21)18-4-1-2-5-22(18)32(31)30-12-10-29(11-13-30)9-3-8-25/h1-2,4-7,14-16H,3,9-13H2,(H2,26,28). The maximum Gasteiger partial charge on any atom is 0.141 e. The summed E-state index contributed by atoms with van der Waals surface area (Å²) in [6.45, 7) is 3.56. The van der Waals surface area contributed by atoms with Crippen LogP contribution in [0.15, 0.2) is 59.8 Å². The minimum Gasteiger partial charge on any atom is -0.382 e. The van der Waals surface area contributed by atoms with Crippen LogP contribution in [0.25, 0.3) is 22.4 Å². The summed E-state index contributed by atoms with van der Waals surface area (Å²) in [5, 5.41) is 8.76. The van der Waals surface area contributed by atoms with E-state index in [-0.39, 0.29) is 5.82 Å². The number of hydrogen-bond donors (Lipinski definition) is 1. The van der Waals surface area contributed by atoms with Crippen LogP contribution in [0.3, 0.4) is 0 Å². The van der Waals surface area contributed by atoms with Gasteiger partial charge in [-0.1, -0.05) is 24.3 Å². The van der Waals surface area contributed by atoms with Crippen molar-refractivity contribution in [2.24, 2.45) is 0 Å². The molecule has 1 aliphatic heterocycles. The van der Waals surface area contributed by atoms with Gasteiger partial charge in [-0.15, -0.1) is 0 Å². The number of benzene rings is 2. The van der Waals surface area contributed by atoms with E-state index in [1.54, 1.807) is 12.1 Å². The van der Waals surface area contributed by atoms with Crippen molar-refractivity contribution in [3.63, 3.8) is 0 Å². The van der Waals surface area contributed by atoms with Gasteiger partial charge < -0.3 is 5.73 Å². The fourth-order valence-electron chi connectivity index (χ4n) is 3.69. The number of nitriles is 1. The average molecular weight is 451 g/mol. The first kappa shape index (κ1) is 22.0. The number of nitrogens with zero attached hydrogens (tertiary/aromatic N) is 5. The van der Waals surface area contributed by atoms with Crippen LogP contribution in [0.5, 0.6) is 0 Å². The molecule has 1 fully saturated rings. The van der Waals surface area contributed by atoms with Crippen LogP contribution in [0.1, 0.15) is 6.42 Å². The molecule has 0 spiro atoms. The SMILES string of the molecule is N#CCCN1CCN(S(=O)c2ccccc2-c2ccc(-c3cnc(N)cn3)c(F)c2)CC1. The molecule has 9 heteroatoms. The summed E-state index contributed by atoms with van der Waals surface area (Å²) in [6, 6.07) is 14.4. The van der Waals surface area contributed by atoms with Crippen molar-refractivity contribution >= 4 is 16.8 Å². The quantitative estimate of drug-likeness (QED) is 0.620. The first-order valence-electron chi connectivity index (χ1n) is 10.3. The van der Waals surface area contributed by atoms with Gasteiger partial charge in [-0.25, -0.2) is 17.9 Å². The molecular formula is C23H23FN6OS. The second-order valence-electron chi connectivity index (χ2n) is 7.45. The Kier molecular flexibility index (Phi) is 6.85. The molecule has 0 amide bonds. The van der Waals surface area contributed by atoms with Crippen molar-refractivity contribution in [2.45, 2.75) is 11.3 Å². The number of nitrogen functional groups attached to an aromatic ring is 1. The predicted octanol–water partition coefficient (Wildman–Crippen LogP) is 3.09. The van der Waals surface area contributed by atoms with Gasteiger partial charge in [0, 0.05) is 44.7 Å². The van der Waals surface area contributed by atoms with Crippen LogP contribution in [-0.2, 0) is 11.0 Å². The first-order chi connectivity index (χ1) is 15.6. The lowest BCUT2D eigenvalue weighted by Gasteiger charge is -2.33. The molecule has 4 rings (SSSR count). The zero-order chi connectivity index (χ0) is 22.5. The first-order valence-corrected chi connectivity index (χ1v) is 11.4. The van der Waals surface area contributed by atoms with Crippen molar-refractivity contribution in [1.29, 1.82) is 5.26 Å². The lowest BCUT2D eigenvalue weighted by atomic mass is 10.0. The average Bonchev–Trinajstić information content (AvgIpc) is 2.83. The van der Waals surface area contributed by atoms with Gasteiger partial charge in [0.15, 0.2) is 0 Å². The fraction of sp³-hybridized carbons (Fsp3) is 0.261. The van der Waals surface area contributed by atoms with Crippen LogP contribution in [0, 0.1) is 17.1 Å². The largest absolute Gasteiger partial charge is 0.382 e. The molecule has 1 unspecified atom stereocenters. The van der Waals surface area contributed by atoms with E-state index in [1.807, 2.05) is 28.6 Å². The Bertz CT molecular complexity index is 1160. The van der Waals surface area contributed by atoms with Gasteiger partial charge in [-0.2, -0.15) is 5.26 Å². The van der Waals surface area contributed by atoms with Crippen molar-refractivity contribution in [2.75, 3.05) is 38.5 Å². The molecule has 1 saturated heterocycles. The predicted molar refractivity (Wildman–Crippen MR) is 122 cm³/mol. The lowest BCUT2D eigenvalue weighted by Crippen LogP contribution is -2.47. The Labute approximate surface area is 188 Å². The third kappa shape index (κ3) is 4.83. The summed E-state index contributed by atoms with van der Waals surface area (Å²) in [5.41, 5.74) is 7.66. The summed E-state index contributed by atoms with van der Waals surface area (Å²) >= 11 is 0. The number of anilines is 1. The number of nitrogens with two attached hydrogens (primary N) is 1. The van der Waals surface area contributed by atoms with Crippen molar-refractivity contribution in [3.8, 4) is 28.5 Å². The van der Waals surface area contributed by atoms with Gasteiger partial charge in [0.25, 0.3) is 0 Å². The van der Waals surface area contributed by atoms with Crippen LogP contribution in [0.2, 0.25) is 0 Å². The van der Waals surface area contributed by atoms with Crippen LogP contribution in [0.4, 0.5) is 10.2 Å². The minimum atomic E-state index is -1.37. The molecule has 0 saturated carbocycles. The molecule has 0 radical (unpaired) electrons.